The van der Waals surface area contributed by atoms with Crippen molar-refractivity contribution < 1.29 is 28.6 Å². The van der Waals surface area contributed by atoms with Gasteiger partial charge in [-0.1, -0.05) is 282 Å². The molecule has 0 N–H and O–H groups in total. The number of allylic oxidation sites excluding steroid dienone is 23. The van der Waals surface area contributed by atoms with Crippen LogP contribution in [0.3, 0.4) is 0 Å². The number of ether oxygens (including phenoxy) is 3. The van der Waals surface area contributed by atoms with Gasteiger partial charge in [-0.2, -0.15) is 0 Å². The first-order valence-electron chi connectivity index (χ1n) is 32.3. The maximum Gasteiger partial charge on any atom is 0.309 e. The predicted octanol–water partition coefficient (Wildman–Crippen LogP) is 22.3. The Hall–Kier alpha value is -4.71. The molecule has 0 aliphatic carbocycles. The molecular weight excluding hydrogens is 973 g/mol. The van der Waals surface area contributed by atoms with Gasteiger partial charge in [-0.25, -0.2) is 0 Å². The van der Waals surface area contributed by atoms with Crippen molar-refractivity contribution in [2.45, 2.75) is 284 Å². The molecule has 0 bridgehead atoms. The first-order valence-corrected chi connectivity index (χ1v) is 32.3. The van der Waals surface area contributed by atoms with Crippen molar-refractivity contribution in [1.29, 1.82) is 0 Å². The minimum absolute atomic E-state index is 0.117. The quantitative estimate of drug-likeness (QED) is 0.0261. The minimum atomic E-state index is -0.836. The summed E-state index contributed by atoms with van der Waals surface area (Å²) < 4.78 is 16.8. The van der Waals surface area contributed by atoms with Crippen molar-refractivity contribution in [3.05, 3.63) is 146 Å². The van der Waals surface area contributed by atoms with Gasteiger partial charge in [0.05, 0.1) is 6.42 Å². The third-order valence-electron chi connectivity index (χ3n) is 13.3. The van der Waals surface area contributed by atoms with Crippen LogP contribution in [-0.2, 0) is 28.6 Å². The maximum absolute atomic E-state index is 12.9. The molecule has 0 aromatic carbocycles. The van der Waals surface area contributed by atoms with E-state index in [0.717, 1.165) is 128 Å². The van der Waals surface area contributed by atoms with E-state index >= 15 is 0 Å². The summed E-state index contributed by atoms with van der Waals surface area (Å²) in [6.45, 7) is 6.30. The zero-order valence-corrected chi connectivity index (χ0v) is 51.1. The molecule has 79 heavy (non-hydrogen) atoms. The van der Waals surface area contributed by atoms with Gasteiger partial charge in [-0.05, 0) is 122 Å². The van der Waals surface area contributed by atoms with Crippen LogP contribution in [0.2, 0.25) is 0 Å². The molecule has 0 amide bonds. The fourth-order valence-corrected chi connectivity index (χ4v) is 8.57. The lowest BCUT2D eigenvalue weighted by molar-refractivity contribution is -0.166. The lowest BCUT2D eigenvalue weighted by Crippen LogP contribution is -2.30. The molecule has 0 rings (SSSR count). The number of rotatable bonds is 57. The van der Waals surface area contributed by atoms with Gasteiger partial charge in [0.15, 0.2) is 6.10 Å². The Morgan fingerprint density at radius 1 is 0.278 bits per heavy atom. The Balaban J connectivity index is 4.46. The highest BCUT2D eigenvalue weighted by Crippen LogP contribution is 2.15. The molecule has 6 nitrogen and oxygen atoms in total. The van der Waals surface area contributed by atoms with Crippen molar-refractivity contribution in [1.82, 2.24) is 0 Å². The van der Waals surface area contributed by atoms with Crippen LogP contribution in [0.4, 0.5) is 0 Å². The molecule has 0 saturated carbocycles. The second-order valence-electron chi connectivity index (χ2n) is 20.9. The molecule has 0 spiro atoms. The monoisotopic (exact) mass is 1090 g/mol. The summed E-state index contributed by atoms with van der Waals surface area (Å²) in [6.07, 6.45) is 94.5. The standard InChI is InChI=1S/C73H118O6/c1-4-7-10-13-16-19-22-25-28-30-32-34-35-36-37-39-40-42-45-48-51-54-57-60-63-66-72(75)78-69-70(68-77-71(74)65-62-59-56-53-50-47-44-27-24-21-18-15-12-9-6-3)79-73(76)67-64-61-58-55-52-49-46-43-41-38-33-31-29-26-23-20-17-14-11-8-5-2/h8-9,11-12,17-18,20-22,25-27,29-30,32-33,38,43-44,46,50,53,59,62,70H,4-7,10,13-16,19,23-24,28,31,34-37,39-42,45,47-49,51-52,54-58,60-61,63-69H2,1-3H3/b11-8-,12-9-,20-17-,21-18-,25-22-,29-26-,32-30-,38-33-,44-27-,46-43-,53-50-,62-59-. The predicted molar refractivity (Wildman–Crippen MR) is 343 cm³/mol. The molecule has 0 heterocycles. The van der Waals surface area contributed by atoms with Crippen molar-refractivity contribution in [3.8, 4) is 0 Å². The molecule has 6 heteroatoms. The second-order valence-corrected chi connectivity index (χ2v) is 20.9. The summed E-state index contributed by atoms with van der Waals surface area (Å²) in [5.41, 5.74) is 0. The van der Waals surface area contributed by atoms with E-state index in [1.165, 1.54) is 109 Å². The number of unbranched alkanes of at least 4 members (excludes halogenated alkanes) is 23. The molecule has 446 valence electrons. The van der Waals surface area contributed by atoms with Crippen LogP contribution in [0, 0.1) is 0 Å². The fraction of sp³-hybridized carbons (Fsp3) is 0.630. The van der Waals surface area contributed by atoms with Crippen molar-refractivity contribution in [3.63, 3.8) is 0 Å². The van der Waals surface area contributed by atoms with Crippen LogP contribution in [0.1, 0.15) is 278 Å². The Morgan fingerprint density at radius 3 is 0.886 bits per heavy atom. The molecule has 0 aromatic heterocycles. The largest absolute Gasteiger partial charge is 0.462 e. The van der Waals surface area contributed by atoms with Crippen molar-refractivity contribution >= 4 is 17.9 Å². The number of esters is 3. The van der Waals surface area contributed by atoms with Gasteiger partial charge in [0.1, 0.15) is 13.2 Å². The highest BCUT2D eigenvalue weighted by Gasteiger charge is 2.19. The summed E-state index contributed by atoms with van der Waals surface area (Å²) in [7, 11) is 0. The molecule has 0 aliphatic rings. The summed E-state index contributed by atoms with van der Waals surface area (Å²) in [5.74, 6) is -1.07. The van der Waals surface area contributed by atoms with Crippen LogP contribution in [0.25, 0.3) is 0 Å². The topological polar surface area (TPSA) is 78.9 Å². The van der Waals surface area contributed by atoms with Gasteiger partial charge < -0.3 is 14.2 Å². The summed E-state index contributed by atoms with van der Waals surface area (Å²) in [5, 5.41) is 0. The average Bonchev–Trinajstić information content (AvgIpc) is 3.45. The van der Waals surface area contributed by atoms with Crippen LogP contribution >= 0.6 is 0 Å². The van der Waals surface area contributed by atoms with Crippen molar-refractivity contribution in [2.24, 2.45) is 0 Å². The van der Waals surface area contributed by atoms with Gasteiger partial charge in [-0.15, -0.1) is 0 Å². The van der Waals surface area contributed by atoms with Gasteiger partial charge in [0, 0.05) is 12.8 Å². The summed E-state index contributed by atoms with van der Waals surface area (Å²) in [6, 6.07) is 0. The van der Waals surface area contributed by atoms with E-state index in [0.29, 0.717) is 6.42 Å². The van der Waals surface area contributed by atoms with E-state index in [-0.39, 0.29) is 38.0 Å². The third-order valence-corrected chi connectivity index (χ3v) is 13.3. The first-order chi connectivity index (χ1) is 39.0. The van der Waals surface area contributed by atoms with Crippen LogP contribution < -0.4 is 0 Å². The Bertz CT molecular complexity index is 1730. The highest BCUT2D eigenvalue weighted by molar-refractivity contribution is 5.72. The SMILES string of the molecule is CC/C=C\C/C=C\C/C=C\C/C=C\C/C=C\CCCCCCCC(=O)OC(COC(=O)C/C=C\C/C=C\C/C=C\C/C=C\C/C=C\CC)COC(=O)CCCCCCCCCCCCCCC/C=C\C/C=C\CCCCCCC. The lowest BCUT2D eigenvalue weighted by atomic mass is 10.0. The Morgan fingerprint density at radius 2 is 0.544 bits per heavy atom. The van der Waals surface area contributed by atoms with Crippen LogP contribution in [-0.4, -0.2) is 37.2 Å². The molecule has 0 fully saturated rings. The highest BCUT2D eigenvalue weighted by atomic mass is 16.6. The Labute approximate surface area is 487 Å². The number of carbonyl (C=O) groups is 3. The lowest BCUT2D eigenvalue weighted by Gasteiger charge is -2.18. The second kappa shape index (κ2) is 65.8. The van der Waals surface area contributed by atoms with E-state index in [9.17, 15) is 14.4 Å². The van der Waals surface area contributed by atoms with Crippen LogP contribution in [0.15, 0.2) is 146 Å². The zero-order valence-electron chi connectivity index (χ0n) is 51.1. The zero-order chi connectivity index (χ0) is 57.1. The van der Waals surface area contributed by atoms with Crippen molar-refractivity contribution in [2.75, 3.05) is 13.2 Å². The molecule has 1 atom stereocenters. The van der Waals surface area contributed by atoms with Gasteiger partial charge in [0.25, 0.3) is 0 Å². The third kappa shape index (κ3) is 64.0. The van der Waals surface area contributed by atoms with Gasteiger partial charge in [0.2, 0.25) is 0 Å². The molecule has 0 radical (unpaired) electrons. The van der Waals surface area contributed by atoms with E-state index < -0.39 is 12.1 Å². The van der Waals surface area contributed by atoms with E-state index in [2.05, 4.69) is 154 Å². The fourth-order valence-electron chi connectivity index (χ4n) is 8.57. The average molecular weight is 1090 g/mol. The normalized spacial score (nSPS) is 13.1. The van der Waals surface area contributed by atoms with Gasteiger partial charge in [-0.3, -0.25) is 14.4 Å². The minimum Gasteiger partial charge on any atom is -0.462 e. The molecule has 0 aromatic rings. The van der Waals surface area contributed by atoms with E-state index in [1.807, 2.05) is 6.08 Å². The number of hydrogen-bond acceptors (Lipinski definition) is 6. The van der Waals surface area contributed by atoms with Gasteiger partial charge >= 0.3 is 17.9 Å². The molecule has 0 saturated heterocycles. The Kier molecular flexibility index (Phi) is 61.9. The van der Waals surface area contributed by atoms with E-state index in [1.54, 1.807) is 6.08 Å². The molecular formula is C73H118O6. The smallest absolute Gasteiger partial charge is 0.309 e. The van der Waals surface area contributed by atoms with E-state index in [4.69, 9.17) is 14.2 Å². The summed E-state index contributed by atoms with van der Waals surface area (Å²) in [4.78, 5) is 38.3. The van der Waals surface area contributed by atoms with Crippen LogP contribution in [0.5, 0.6) is 0 Å². The molecule has 0 aliphatic heterocycles. The first kappa shape index (κ1) is 74.3. The number of carbonyl (C=O) groups excluding carboxylic acids is 3. The number of hydrogen-bond donors (Lipinski definition) is 0. The maximum atomic E-state index is 12.9. The summed E-state index contributed by atoms with van der Waals surface area (Å²) >= 11 is 0. The molecule has 1 unspecified atom stereocenters.